The van der Waals surface area contributed by atoms with Crippen molar-refractivity contribution in [3.63, 3.8) is 0 Å². The Bertz CT molecular complexity index is 1080. The Morgan fingerprint density at radius 3 is 2.32 bits per heavy atom. The summed E-state index contributed by atoms with van der Waals surface area (Å²) in [6.07, 6.45) is 1.34. The topological polar surface area (TPSA) is 105 Å². The molecule has 0 fully saturated rings. The van der Waals surface area contributed by atoms with E-state index in [4.69, 9.17) is 0 Å². The fraction of sp³-hybridized carbons (Fsp3) is 0.176. The molecule has 3 rings (SSSR count). The number of hydrogen-bond acceptors (Lipinski definition) is 4. The van der Waals surface area contributed by atoms with Gasteiger partial charge in [0.2, 0.25) is 0 Å². The molecule has 0 spiro atoms. The van der Waals surface area contributed by atoms with Crippen LogP contribution in [0.25, 0.3) is 10.9 Å². The van der Waals surface area contributed by atoms with Gasteiger partial charge in [-0.15, -0.1) is 0 Å². The maximum atomic E-state index is 12.8. The highest BCUT2D eigenvalue weighted by Gasteiger charge is 2.22. The Balaban J connectivity index is 2.11. The highest BCUT2D eigenvalue weighted by Crippen LogP contribution is 2.30. The molecular formula is C17H17N3O4S. The fourth-order valence-corrected chi connectivity index (χ4v) is 4.32. The summed E-state index contributed by atoms with van der Waals surface area (Å²) < 4.78 is 28.3. The lowest BCUT2D eigenvalue weighted by molar-refractivity contribution is -0.384. The zero-order chi connectivity index (χ0) is 18.4. The number of fused-ring (bicyclic) bond motifs is 1. The third kappa shape index (κ3) is 3.08. The van der Waals surface area contributed by atoms with Crippen LogP contribution in [-0.4, -0.2) is 18.3 Å². The van der Waals surface area contributed by atoms with Crippen molar-refractivity contribution in [1.82, 2.24) is 4.98 Å². The first-order valence-electron chi connectivity index (χ1n) is 7.55. The smallest absolute Gasteiger partial charge is 0.270 e. The second kappa shape index (κ2) is 5.89. The van der Waals surface area contributed by atoms with Crippen molar-refractivity contribution in [3.8, 4) is 0 Å². The summed E-state index contributed by atoms with van der Waals surface area (Å²) >= 11 is 0. The van der Waals surface area contributed by atoms with Gasteiger partial charge in [0.25, 0.3) is 15.7 Å². The summed E-state index contributed by atoms with van der Waals surface area (Å²) in [5.41, 5.74) is 3.54. The van der Waals surface area contributed by atoms with Crippen molar-refractivity contribution in [2.24, 2.45) is 0 Å². The minimum Gasteiger partial charge on any atom is -0.360 e. The molecule has 130 valence electrons. The summed E-state index contributed by atoms with van der Waals surface area (Å²) in [5, 5.41) is 11.3. The third-order valence-electron chi connectivity index (χ3n) is 4.04. The standard InChI is InChI=1S/C17H17N3O4S/c1-10-6-11(2)17(12(3)7-10)19-25(23,24)16-9-18-15-5-4-13(20(21)22)8-14(15)16/h4-9,18-19H,1-3H3. The van der Waals surface area contributed by atoms with E-state index in [0.717, 1.165) is 16.7 Å². The molecule has 0 bridgehead atoms. The van der Waals surface area contributed by atoms with Crippen molar-refractivity contribution in [3.05, 3.63) is 63.3 Å². The summed E-state index contributed by atoms with van der Waals surface area (Å²) in [5.74, 6) is 0. The van der Waals surface area contributed by atoms with E-state index in [-0.39, 0.29) is 16.0 Å². The number of aromatic amines is 1. The van der Waals surface area contributed by atoms with Crippen molar-refractivity contribution in [2.45, 2.75) is 25.7 Å². The van der Waals surface area contributed by atoms with Crippen LogP contribution in [0, 0.1) is 30.9 Å². The number of hydrogen-bond donors (Lipinski definition) is 2. The third-order valence-corrected chi connectivity index (χ3v) is 5.43. The molecular weight excluding hydrogens is 342 g/mol. The highest BCUT2D eigenvalue weighted by molar-refractivity contribution is 7.93. The van der Waals surface area contributed by atoms with Crippen LogP contribution >= 0.6 is 0 Å². The Morgan fingerprint density at radius 1 is 1.08 bits per heavy atom. The first-order valence-corrected chi connectivity index (χ1v) is 9.03. The van der Waals surface area contributed by atoms with E-state index in [2.05, 4.69) is 9.71 Å². The molecule has 25 heavy (non-hydrogen) atoms. The quantitative estimate of drug-likeness (QED) is 0.546. The zero-order valence-corrected chi connectivity index (χ0v) is 14.8. The highest BCUT2D eigenvalue weighted by atomic mass is 32.2. The normalized spacial score (nSPS) is 11.6. The largest absolute Gasteiger partial charge is 0.360 e. The molecule has 0 aliphatic heterocycles. The van der Waals surface area contributed by atoms with Gasteiger partial charge in [-0.3, -0.25) is 14.8 Å². The predicted molar refractivity (Wildman–Crippen MR) is 96.4 cm³/mol. The van der Waals surface area contributed by atoms with Gasteiger partial charge in [0.05, 0.1) is 10.6 Å². The molecule has 2 aromatic carbocycles. The molecule has 0 atom stereocenters. The molecule has 0 amide bonds. The average molecular weight is 359 g/mol. The number of nitro benzene ring substituents is 1. The van der Waals surface area contributed by atoms with E-state index in [0.29, 0.717) is 11.2 Å². The lowest BCUT2D eigenvalue weighted by Gasteiger charge is -2.14. The van der Waals surface area contributed by atoms with Crippen LogP contribution in [0.4, 0.5) is 11.4 Å². The maximum absolute atomic E-state index is 12.8. The second-order valence-corrected chi connectivity index (χ2v) is 7.67. The van der Waals surface area contributed by atoms with Crippen LogP contribution in [0.1, 0.15) is 16.7 Å². The van der Waals surface area contributed by atoms with Gasteiger partial charge < -0.3 is 4.98 Å². The van der Waals surface area contributed by atoms with Crippen LogP contribution in [0.3, 0.4) is 0 Å². The number of nitrogens with one attached hydrogen (secondary N) is 2. The van der Waals surface area contributed by atoms with Gasteiger partial charge in [0, 0.05) is 29.2 Å². The fourth-order valence-electron chi connectivity index (χ4n) is 2.95. The van der Waals surface area contributed by atoms with Crippen molar-refractivity contribution < 1.29 is 13.3 Å². The molecule has 2 N–H and O–H groups in total. The Labute approximate surface area is 144 Å². The first kappa shape index (κ1) is 17.0. The Kier molecular flexibility index (Phi) is 4.00. The van der Waals surface area contributed by atoms with Crippen LogP contribution in [0.15, 0.2) is 41.4 Å². The van der Waals surface area contributed by atoms with Crippen LogP contribution in [0.2, 0.25) is 0 Å². The number of nitrogens with zero attached hydrogens (tertiary/aromatic N) is 1. The summed E-state index contributed by atoms with van der Waals surface area (Å²) in [6, 6.07) is 7.87. The first-order chi connectivity index (χ1) is 11.7. The predicted octanol–water partition coefficient (Wildman–Crippen LogP) is 3.80. The molecule has 7 nitrogen and oxygen atoms in total. The Hall–Kier alpha value is -2.87. The summed E-state index contributed by atoms with van der Waals surface area (Å²) in [6.45, 7) is 5.60. The summed E-state index contributed by atoms with van der Waals surface area (Å²) in [4.78, 5) is 13.2. The molecule has 1 aromatic heterocycles. The molecule has 0 unspecified atom stereocenters. The SMILES string of the molecule is Cc1cc(C)c(NS(=O)(=O)c2c[nH]c3ccc([N+](=O)[O-])cc23)c(C)c1. The minimum absolute atomic E-state index is 0.0226. The second-order valence-electron chi connectivity index (χ2n) is 6.02. The van der Waals surface area contributed by atoms with Crippen LogP contribution < -0.4 is 4.72 Å². The number of H-pyrrole nitrogens is 1. The minimum atomic E-state index is -3.90. The van der Waals surface area contributed by atoms with E-state index in [1.54, 1.807) is 0 Å². The van der Waals surface area contributed by atoms with Crippen molar-refractivity contribution in [1.29, 1.82) is 0 Å². The number of aromatic nitrogens is 1. The lowest BCUT2D eigenvalue weighted by Crippen LogP contribution is -2.14. The molecule has 0 saturated heterocycles. The molecule has 0 aliphatic carbocycles. The van der Waals surface area contributed by atoms with Gasteiger partial charge in [-0.1, -0.05) is 17.7 Å². The number of aryl methyl sites for hydroxylation is 3. The monoisotopic (exact) mass is 359 g/mol. The van der Waals surface area contributed by atoms with Gasteiger partial charge >= 0.3 is 0 Å². The van der Waals surface area contributed by atoms with Gasteiger partial charge in [0.1, 0.15) is 4.90 Å². The zero-order valence-electron chi connectivity index (χ0n) is 14.0. The number of rotatable bonds is 4. The number of sulfonamides is 1. The van der Waals surface area contributed by atoms with Gasteiger partial charge in [-0.05, 0) is 38.0 Å². The molecule has 1 heterocycles. The van der Waals surface area contributed by atoms with E-state index in [9.17, 15) is 18.5 Å². The molecule has 0 radical (unpaired) electrons. The van der Waals surface area contributed by atoms with E-state index < -0.39 is 14.9 Å². The average Bonchev–Trinajstić information content (AvgIpc) is 2.94. The molecule has 3 aromatic rings. The van der Waals surface area contributed by atoms with Crippen LogP contribution in [0.5, 0.6) is 0 Å². The van der Waals surface area contributed by atoms with Gasteiger partial charge in [-0.2, -0.15) is 0 Å². The molecule has 8 heteroatoms. The molecule has 0 aliphatic rings. The Morgan fingerprint density at radius 2 is 1.72 bits per heavy atom. The summed E-state index contributed by atoms with van der Waals surface area (Å²) in [7, 11) is -3.90. The number of anilines is 1. The van der Waals surface area contributed by atoms with Crippen molar-refractivity contribution >= 4 is 32.3 Å². The number of non-ortho nitro benzene ring substituents is 1. The molecule has 0 saturated carbocycles. The number of nitro groups is 1. The van der Waals surface area contributed by atoms with E-state index in [1.165, 1.54) is 24.4 Å². The number of benzene rings is 2. The van der Waals surface area contributed by atoms with Gasteiger partial charge in [0.15, 0.2) is 0 Å². The van der Waals surface area contributed by atoms with E-state index in [1.807, 2.05) is 32.9 Å². The van der Waals surface area contributed by atoms with E-state index >= 15 is 0 Å². The maximum Gasteiger partial charge on any atom is 0.270 e. The lowest BCUT2D eigenvalue weighted by atomic mass is 10.1. The van der Waals surface area contributed by atoms with Crippen LogP contribution in [-0.2, 0) is 10.0 Å². The van der Waals surface area contributed by atoms with Crippen molar-refractivity contribution in [2.75, 3.05) is 4.72 Å². The van der Waals surface area contributed by atoms with Gasteiger partial charge in [-0.25, -0.2) is 8.42 Å².